The lowest BCUT2D eigenvalue weighted by Crippen LogP contribution is -2.16. The molecular formula is C19H14F2N8. The molecule has 3 aromatic heterocycles. The molecule has 0 spiro atoms. The Balaban J connectivity index is 1.87. The van der Waals surface area contributed by atoms with Gasteiger partial charge in [0.05, 0.1) is 17.1 Å². The third-order valence-corrected chi connectivity index (χ3v) is 4.30. The van der Waals surface area contributed by atoms with Gasteiger partial charge in [0.1, 0.15) is 47.1 Å². The molecule has 3 heterocycles. The number of pyridine rings is 1. The smallest absolute Gasteiger partial charge is 0.214 e. The number of nitriles is 1. The quantitative estimate of drug-likeness (QED) is 0.512. The minimum absolute atomic E-state index is 0.0413. The van der Waals surface area contributed by atoms with Crippen LogP contribution in [0.1, 0.15) is 24.4 Å². The Hall–Kier alpha value is -4.13. The first-order valence-electron chi connectivity index (χ1n) is 8.56. The molecule has 0 amide bonds. The van der Waals surface area contributed by atoms with Gasteiger partial charge in [-0.25, -0.2) is 24.3 Å². The predicted molar refractivity (Wildman–Crippen MR) is 102 cm³/mol. The summed E-state index contributed by atoms with van der Waals surface area (Å²) >= 11 is 0. The van der Waals surface area contributed by atoms with Gasteiger partial charge in [0.25, 0.3) is 0 Å². The summed E-state index contributed by atoms with van der Waals surface area (Å²) in [6, 6.07) is 9.87. The topological polar surface area (TPSA) is 118 Å². The molecule has 0 saturated carbocycles. The maximum Gasteiger partial charge on any atom is 0.214 e. The molecular weight excluding hydrogens is 378 g/mol. The number of benzene rings is 1. The highest BCUT2D eigenvalue weighted by Gasteiger charge is 2.21. The number of rotatable bonds is 4. The van der Waals surface area contributed by atoms with Crippen LogP contribution in [0.4, 0.5) is 20.4 Å². The van der Waals surface area contributed by atoms with Gasteiger partial charge in [-0.3, -0.25) is 4.57 Å². The Bertz CT molecular complexity index is 1260. The van der Waals surface area contributed by atoms with Crippen molar-refractivity contribution in [2.45, 2.75) is 13.0 Å². The molecule has 4 rings (SSSR count). The molecule has 0 fully saturated rings. The average Bonchev–Trinajstić information content (AvgIpc) is 3.07. The third-order valence-electron chi connectivity index (χ3n) is 4.30. The van der Waals surface area contributed by atoms with E-state index in [0.29, 0.717) is 16.9 Å². The average molecular weight is 392 g/mol. The molecule has 1 unspecified atom stereocenters. The van der Waals surface area contributed by atoms with E-state index in [0.717, 1.165) is 0 Å². The fourth-order valence-corrected chi connectivity index (χ4v) is 3.01. The number of nitrogens with one attached hydrogen (secondary N) is 1. The second-order valence-electron chi connectivity index (χ2n) is 6.22. The zero-order valence-electron chi connectivity index (χ0n) is 15.1. The Labute approximate surface area is 163 Å². The number of imidazole rings is 1. The largest absolute Gasteiger partial charge is 0.382 e. The number of aromatic nitrogens is 5. The van der Waals surface area contributed by atoms with Crippen LogP contribution in [-0.4, -0.2) is 24.5 Å². The van der Waals surface area contributed by atoms with Crippen molar-refractivity contribution >= 4 is 22.7 Å². The van der Waals surface area contributed by atoms with Crippen LogP contribution in [0.15, 0.2) is 42.7 Å². The van der Waals surface area contributed by atoms with Crippen LogP contribution >= 0.6 is 0 Å². The number of hydrogen-bond acceptors (Lipinski definition) is 7. The standard InChI is InChI=1S/C19H14F2N8/c1-10(26-18-12(8-22)17(23)24-9-25-18)19-27-13-6-5-11(20)7-14(13)29(19)16-4-2-3-15(21)28-16/h2-7,9-10H,1H3,(H3,23,24,25,26). The van der Waals surface area contributed by atoms with Crippen LogP contribution in [0, 0.1) is 23.1 Å². The molecule has 29 heavy (non-hydrogen) atoms. The summed E-state index contributed by atoms with van der Waals surface area (Å²) in [6.07, 6.45) is 1.23. The number of hydrogen-bond donors (Lipinski definition) is 2. The molecule has 0 saturated heterocycles. The highest BCUT2D eigenvalue weighted by atomic mass is 19.1. The van der Waals surface area contributed by atoms with E-state index in [1.54, 1.807) is 17.6 Å². The van der Waals surface area contributed by atoms with Crippen LogP contribution in [0.3, 0.4) is 0 Å². The number of fused-ring (bicyclic) bond motifs is 1. The Morgan fingerprint density at radius 1 is 1.17 bits per heavy atom. The lowest BCUT2D eigenvalue weighted by atomic mass is 10.2. The first-order valence-corrected chi connectivity index (χ1v) is 8.56. The summed E-state index contributed by atoms with van der Waals surface area (Å²) in [6.45, 7) is 1.77. The monoisotopic (exact) mass is 392 g/mol. The first kappa shape index (κ1) is 18.2. The van der Waals surface area contributed by atoms with Gasteiger partial charge in [-0.05, 0) is 31.2 Å². The number of nitrogen functional groups attached to an aromatic ring is 1. The summed E-state index contributed by atoms with van der Waals surface area (Å²) in [7, 11) is 0. The van der Waals surface area contributed by atoms with Crippen molar-refractivity contribution in [1.29, 1.82) is 5.26 Å². The van der Waals surface area contributed by atoms with Crippen LogP contribution < -0.4 is 11.1 Å². The first-order chi connectivity index (χ1) is 14.0. The summed E-state index contributed by atoms with van der Waals surface area (Å²) < 4.78 is 29.2. The van der Waals surface area contributed by atoms with E-state index in [1.807, 2.05) is 6.07 Å². The van der Waals surface area contributed by atoms with Gasteiger partial charge in [-0.15, -0.1) is 0 Å². The molecule has 0 radical (unpaired) electrons. The molecule has 4 aromatic rings. The van der Waals surface area contributed by atoms with Gasteiger partial charge < -0.3 is 11.1 Å². The molecule has 8 nitrogen and oxygen atoms in total. The maximum absolute atomic E-state index is 13.9. The number of nitrogens with two attached hydrogens (primary N) is 1. The molecule has 1 atom stereocenters. The minimum Gasteiger partial charge on any atom is -0.382 e. The van der Waals surface area contributed by atoms with E-state index in [9.17, 15) is 14.0 Å². The van der Waals surface area contributed by atoms with Crippen molar-refractivity contribution in [3.63, 3.8) is 0 Å². The van der Waals surface area contributed by atoms with E-state index in [-0.39, 0.29) is 23.0 Å². The second-order valence-corrected chi connectivity index (χ2v) is 6.22. The van der Waals surface area contributed by atoms with E-state index in [2.05, 4.69) is 25.3 Å². The van der Waals surface area contributed by atoms with Crippen molar-refractivity contribution in [2.24, 2.45) is 0 Å². The van der Waals surface area contributed by atoms with Crippen molar-refractivity contribution in [1.82, 2.24) is 24.5 Å². The van der Waals surface area contributed by atoms with Gasteiger partial charge in [-0.1, -0.05) is 6.07 Å². The molecule has 0 aliphatic heterocycles. The number of nitrogens with zero attached hydrogens (tertiary/aromatic N) is 6. The summed E-state index contributed by atoms with van der Waals surface area (Å²) in [5, 5.41) is 12.4. The van der Waals surface area contributed by atoms with E-state index >= 15 is 0 Å². The van der Waals surface area contributed by atoms with Crippen LogP contribution in [-0.2, 0) is 0 Å². The van der Waals surface area contributed by atoms with Crippen molar-refractivity contribution in [3.8, 4) is 11.9 Å². The normalized spacial score (nSPS) is 11.9. The van der Waals surface area contributed by atoms with E-state index < -0.39 is 17.8 Å². The fourth-order valence-electron chi connectivity index (χ4n) is 3.01. The fraction of sp³-hybridized carbons (Fsp3) is 0.105. The van der Waals surface area contributed by atoms with Crippen LogP contribution in [0.25, 0.3) is 16.9 Å². The van der Waals surface area contributed by atoms with Gasteiger partial charge >= 0.3 is 0 Å². The van der Waals surface area contributed by atoms with Crippen LogP contribution in [0.2, 0.25) is 0 Å². The lowest BCUT2D eigenvalue weighted by molar-refractivity contribution is 0.579. The summed E-state index contributed by atoms with van der Waals surface area (Å²) in [5.41, 5.74) is 6.76. The number of anilines is 2. The van der Waals surface area contributed by atoms with Crippen molar-refractivity contribution in [2.75, 3.05) is 11.1 Å². The molecule has 10 heteroatoms. The van der Waals surface area contributed by atoms with Crippen molar-refractivity contribution < 1.29 is 8.78 Å². The Morgan fingerprint density at radius 2 is 2.00 bits per heavy atom. The molecule has 0 aliphatic carbocycles. The van der Waals surface area contributed by atoms with Gasteiger partial charge in [0, 0.05) is 6.07 Å². The maximum atomic E-state index is 13.9. The minimum atomic E-state index is -0.678. The second kappa shape index (κ2) is 7.12. The van der Waals surface area contributed by atoms with E-state index in [4.69, 9.17) is 5.73 Å². The van der Waals surface area contributed by atoms with Gasteiger partial charge in [-0.2, -0.15) is 9.65 Å². The van der Waals surface area contributed by atoms with E-state index in [1.165, 1.54) is 36.7 Å². The molecule has 0 bridgehead atoms. The van der Waals surface area contributed by atoms with Crippen LogP contribution in [0.5, 0.6) is 0 Å². The Kier molecular flexibility index (Phi) is 4.48. The molecule has 3 N–H and O–H groups in total. The Morgan fingerprint density at radius 3 is 2.76 bits per heavy atom. The van der Waals surface area contributed by atoms with Gasteiger partial charge in [0.2, 0.25) is 5.95 Å². The predicted octanol–water partition coefficient (Wildman–Crippen LogP) is 3.12. The summed E-state index contributed by atoms with van der Waals surface area (Å²) in [4.78, 5) is 16.3. The SMILES string of the molecule is CC(Nc1ncnc(N)c1C#N)c1nc2ccc(F)cc2n1-c1cccc(F)n1. The number of halogens is 2. The zero-order chi connectivity index (χ0) is 20.5. The lowest BCUT2D eigenvalue weighted by Gasteiger charge is -2.17. The third kappa shape index (κ3) is 3.29. The van der Waals surface area contributed by atoms with Gasteiger partial charge in [0.15, 0.2) is 0 Å². The highest BCUT2D eigenvalue weighted by Crippen LogP contribution is 2.28. The van der Waals surface area contributed by atoms with Crippen molar-refractivity contribution in [3.05, 3.63) is 65.9 Å². The molecule has 0 aliphatic rings. The molecule has 1 aromatic carbocycles. The zero-order valence-corrected chi connectivity index (χ0v) is 15.1. The molecule has 144 valence electrons. The highest BCUT2D eigenvalue weighted by molar-refractivity contribution is 5.78. The summed E-state index contributed by atoms with van der Waals surface area (Å²) in [5.74, 6) is -0.210.